The number of amides is 1. The second-order valence-corrected chi connectivity index (χ2v) is 6.33. The van der Waals surface area contributed by atoms with Crippen molar-refractivity contribution < 1.29 is 14.0 Å². The van der Waals surface area contributed by atoms with E-state index < -0.39 is 5.82 Å². The molecule has 1 amide bonds. The normalized spacial score (nSPS) is 14.5. The zero-order valence-electron chi connectivity index (χ0n) is 14.4. The third-order valence-electron chi connectivity index (χ3n) is 4.53. The number of fused-ring (bicyclic) bond motifs is 1. The van der Waals surface area contributed by atoms with Gasteiger partial charge < -0.3 is 4.90 Å². The van der Waals surface area contributed by atoms with E-state index in [-0.39, 0.29) is 17.3 Å². The third-order valence-corrected chi connectivity index (χ3v) is 4.53. The van der Waals surface area contributed by atoms with Crippen LogP contribution >= 0.6 is 0 Å². The zero-order chi connectivity index (χ0) is 18.8. The summed E-state index contributed by atoms with van der Waals surface area (Å²) in [5, 5.41) is 0. The van der Waals surface area contributed by atoms with Crippen molar-refractivity contribution in [2.24, 2.45) is 0 Å². The number of anilines is 1. The van der Waals surface area contributed by atoms with Crippen LogP contribution in [-0.4, -0.2) is 11.7 Å². The molecule has 3 aromatic rings. The Hall–Kier alpha value is -3.53. The number of benzene rings is 3. The Kier molecular flexibility index (Phi) is 4.38. The molecular weight excluding hydrogens is 341 g/mol. The molecule has 0 fully saturated rings. The number of ketones is 1. The fourth-order valence-corrected chi connectivity index (χ4v) is 3.21. The van der Waals surface area contributed by atoms with E-state index in [4.69, 9.17) is 0 Å². The summed E-state index contributed by atoms with van der Waals surface area (Å²) in [5.41, 5.74) is 2.71. The second-order valence-electron chi connectivity index (χ2n) is 6.33. The maximum absolute atomic E-state index is 13.8. The van der Waals surface area contributed by atoms with Gasteiger partial charge in [-0.3, -0.25) is 9.59 Å². The summed E-state index contributed by atoms with van der Waals surface area (Å²) < 4.78 is 13.8. The molecule has 0 unspecified atom stereocenters. The topological polar surface area (TPSA) is 37.4 Å². The molecule has 132 valence electrons. The van der Waals surface area contributed by atoms with Gasteiger partial charge >= 0.3 is 0 Å². The lowest BCUT2D eigenvalue weighted by Gasteiger charge is -2.17. The van der Waals surface area contributed by atoms with Gasteiger partial charge in [-0.25, -0.2) is 4.39 Å². The first-order valence-electron chi connectivity index (χ1n) is 8.60. The number of nitrogens with zero attached hydrogens (tertiary/aromatic N) is 1. The molecular formula is C23H16FNO2. The summed E-state index contributed by atoms with van der Waals surface area (Å²) in [6, 6.07) is 22.5. The van der Waals surface area contributed by atoms with Crippen LogP contribution < -0.4 is 4.90 Å². The molecule has 3 nitrogen and oxygen atoms in total. The number of allylic oxidation sites excluding steroid dienone is 1. The fourth-order valence-electron chi connectivity index (χ4n) is 3.21. The highest BCUT2D eigenvalue weighted by Crippen LogP contribution is 2.38. The highest BCUT2D eigenvalue weighted by Gasteiger charge is 2.33. The standard InChI is InChI=1S/C23H16FNO2/c24-18-11-12-21-19(13-18)20(14-22(26)17-9-5-2-6-10-17)23(27)25(21)15-16-7-3-1-4-8-16/h1-14H,15H2/b20-14-. The molecule has 0 aliphatic carbocycles. The van der Waals surface area contributed by atoms with E-state index in [2.05, 4.69) is 0 Å². The molecule has 1 heterocycles. The summed E-state index contributed by atoms with van der Waals surface area (Å²) in [5.74, 6) is -1.03. The van der Waals surface area contributed by atoms with Gasteiger partial charge in [0.25, 0.3) is 5.91 Å². The van der Waals surface area contributed by atoms with Gasteiger partial charge in [0.05, 0.1) is 17.8 Å². The molecule has 4 heteroatoms. The molecule has 0 bridgehead atoms. The average molecular weight is 357 g/mol. The number of halogens is 1. The van der Waals surface area contributed by atoms with Gasteiger partial charge in [0, 0.05) is 11.1 Å². The lowest BCUT2D eigenvalue weighted by Crippen LogP contribution is -2.25. The van der Waals surface area contributed by atoms with Gasteiger partial charge in [0.15, 0.2) is 5.78 Å². The van der Waals surface area contributed by atoms with Crippen LogP contribution in [0.5, 0.6) is 0 Å². The number of carbonyl (C=O) groups excluding carboxylic acids is 2. The second kappa shape index (κ2) is 7.00. The van der Waals surface area contributed by atoms with Gasteiger partial charge in [-0.05, 0) is 29.8 Å². The smallest absolute Gasteiger partial charge is 0.259 e. The largest absolute Gasteiger partial charge is 0.303 e. The minimum absolute atomic E-state index is 0.217. The molecule has 0 N–H and O–H groups in total. The van der Waals surface area contributed by atoms with Crippen LogP contribution in [0.25, 0.3) is 5.57 Å². The molecule has 0 saturated heterocycles. The Morgan fingerprint density at radius 2 is 1.59 bits per heavy atom. The molecule has 0 aromatic heterocycles. The maximum atomic E-state index is 13.8. The molecule has 3 aromatic carbocycles. The van der Waals surface area contributed by atoms with Crippen molar-refractivity contribution in [3.05, 3.63) is 107 Å². The van der Waals surface area contributed by atoms with E-state index in [9.17, 15) is 14.0 Å². The lowest BCUT2D eigenvalue weighted by molar-refractivity contribution is -0.113. The number of hydrogen-bond acceptors (Lipinski definition) is 2. The van der Waals surface area contributed by atoms with Crippen LogP contribution in [0.2, 0.25) is 0 Å². The summed E-state index contributed by atoms with van der Waals surface area (Å²) in [7, 11) is 0. The van der Waals surface area contributed by atoms with Crippen LogP contribution in [0.3, 0.4) is 0 Å². The predicted octanol–water partition coefficient (Wildman–Crippen LogP) is 4.64. The molecule has 0 spiro atoms. The number of rotatable bonds is 4. The van der Waals surface area contributed by atoms with E-state index in [0.29, 0.717) is 23.4 Å². The molecule has 4 rings (SSSR count). The zero-order valence-corrected chi connectivity index (χ0v) is 14.4. The van der Waals surface area contributed by atoms with Gasteiger partial charge in [0.1, 0.15) is 5.82 Å². The van der Waals surface area contributed by atoms with Gasteiger partial charge in [-0.1, -0.05) is 60.7 Å². The Morgan fingerprint density at radius 1 is 0.926 bits per heavy atom. The van der Waals surface area contributed by atoms with Crippen LogP contribution in [0.15, 0.2) is 84.9 Å². The van der Waals surface area contributed by atoms with Crippen molar-refractivity contribution >= 4 is 23.0 Å². The number of carbonyl (C=O) groups is 2. The van der Waals surface area contributed by atoms with Crippen molar-refractivity contribution in [3.8, 4) is 0 Å². The van der Waals surface area contributed by atoms with E-state index in [1.807, 2.05) is 36.4 Å². The minimum atomic E-state index is -0.443. The van der Waals surface area contributed by atoms with Crippen molar-refractivity contribution in [3.63, 3.8) is 0 Å². The molecule has 1 aliphatic heterocycles. The fraction of sp³-hybridized carbons (Fsp3) is 0.0435. The number of hydrogen-bond donors (Lipinski definition) is 0. The highest BCUT2D eigenvalue weighted by atomic mass is 19.1. The van der Waals surface area contributed by atoms with Crippen LogP contribution in [0.4, 0.5) is 10.1 Å². The molecule has 1 aliphatic rings. The summed E-state index contributed by atoms with van der Waals surface area (Å²) in [6.07, 6.45) is 1.31. The van der Waals surface area contributed by atoms with E-state index in [1.165, 1.54) is 18.2 Å². The van der Waals surface area contributed by atoms with E-state index in [0.717, 1.165) is 5.56 Å². The molecule has 0 saturated carbocycles. The van der Waals surface area contributed by atoms with E-state index >= 15 is 0 Å². The Morgan fingerprint density at radius 3 is 2.30 bits per heavy atom. The van der Waals surface area contributed by atoms with Crippen molar-refractivity contribution in [1.82, 2.24) is 0 Å². The Labute approximate surface area is 156 Å². The third kappa shape index (κ3) is 3.29. The average Bonchev–Trinajstić information content (AvgIpc) is 2.94. The van der Waals surface area contributed by atoms with Crippen molar-refractivity contribution in [2.45, 2.75) is 6.54 Å². The van der Waals surface area contributed by atoms with Gasteiger partial charge in [0.2, 0.25) is 0 Å². The van der Waals surface area contributed by atoms with Gasteiger partial charge in [-0.15, -0.1) is 0 Å². The minimum Gasteiger partial charge on any atom is -0.303 e. The monoisotopic (exact) mass is 357 g/mol. The van der Waals surface area contributed by atoms with Crippen molar-refractivity contribution in [2.75, 3.05) is 4.90 Å². The Bertz CT molecular complexity index is 1040. The first kappa shape index (κ1) is 16.9. The summed E-state index contributed by atoms with van der Waals surface area (Å²) in [4.78, 5) is 27.2. The summed E-state index contributed by atoms with van der Waals surface area (Å²) >= 11 is 0. The van der Waals surface area contributed by atoms with Crippen LogP contribution in [0, 0.1) is 5.82 Å². The summed E-state index contributed by atoms with van der Waals surface area (Å²) in [6.45, 7) is 0.356. The molecule has 0 atom stereocenters. The SMILES string of the molecule is O=C(/C=C1\C(=O)N(Cc2ccccc2)c2ccc(F)cc21)c1ccccc1. The molecule has 27 heavy (non-hydrogen) atoms. The lowest BCUT2D eigenvalue weighted by atomic mass is 10.0. The maximum Gasteiger partial charge on any atom is 0.259 e. The van der Waals surface area contributed by atoms with Crippen LogP contribution in [0.1, 0.15) is 21.5 Å². The first-order valence-corrected chi connectivity index (χ1v) is 8.60. The first-order chi connectivity index (χ1) is 13.1. The predicted molar refractivity (Wildman–Crippen MR) is 103 cm³/mol. The molecule has 0 radical (unpaired) electrons. The quantitative estimate of drug-likeness (QED) is 0.504. The van der Waals surface area contributed by atoms with E-state index in [1.54, 1.807) is 35.2 Å². The Balaban J connectivity index is 1.75. The highest BCUT2D eigenvalue weighted by molar-refractivity contribution is 6.35. The van der Waals surface area contributed by atoms with Gasteiger partial charge in [-0.2, -0.15) is 0 Å². The van der Waals surface area contributed by atoms with Crippen molar-refractivity contribution in [1.29, 1.82) is 0 Å². The van der Waals surface area contributed by atoms with Crippen LogP contribution in [-0.2, 0) is 11.3 Å².